The fourth-order valence-electron chi connectivity index (χ4n) is 8.89. The number of Topliss-reactive ketones (excluding diaryl/α,β-unsaturated/α-hetero) is 1. The van der Waals surface area contributed by atoms with Gasteiger partial charge in [0, 0.05) is 30.6 Å². The molecule has 0 saturated heterocycles. The lowest BCUT2D eigenvalue weighted by molar-refractivity contribution is -0.203. The van der Waals surface area contributed by atoms with Crippen LogP contribution in [0.5, 0.6) is 0 Å². The summed E-state index contributed by atoms with van der Waals surface area (Å²) in [6.07, 6.45) is 11.3. The molecular formula is C34H52O8. The van der Waals surface area contributed by atoms with Crippen LogP contribution in [-0.2, 0) is 23.9 Å². The van der Waals surface area contributed by atoms with Crippen molar-refractivity contribution >= 4 is 17.7 Å². The molecule has 4 aliphatic carbocycles. The van der Waals surface area contributed by atoms with Crippen LogP contribution in [0.4, 0.5) is 0 Å². The molecular weight excluding hydrogens is 536 g/mol. The molecule has 2 unspecified atom stereocenters. The van der Waals surface area contributed by atoms with Gasteiger partial charge in [0.05, 0.1) is 12.0 Å². The number of rotatable bonds is 13. The number of carbonyl (C=O) groups excluding carboxylic acids is 3. The Morgan fingerprint density at radius 2 is 1.64 bits per heavy atom. The van der Waals surface area contributed by atoms with E-state index in [-0.39, 0.29) is 23.2 Å². The van der Waals surface area contributed by atoms with E-state index in [0.717, 1.165) is 19.3 Å². The van der Waals surface area contributed by atoms with Gasteiger partial charge in [0.1, 0.15) is 11.7 Å². The molecule has 42 heavy (non-hydrogen) atoms. The zero-order valence-corrected chi connectivity index (χ0v) is 26.4. The summed E-state index contributed by atoms with van der Waals surface area (Å²) in [5.74, 6) is -3.00. The lowest BCUT2D eigenvalue weighted by Crippen LogP contribution is -2.66. The maximum Gasteiger partial charge on any atom is 0.306 e. The summed E-state index contributed by atoms with van der Waals surface area (Å²) in [4.78, 5) is 40.0. The largest absolute Gasteiger partial charge is 0.458 e. The molecule has 8 heteroatoms. The van der Waals surface area contributed by atoms with Gasteiger partial charge in [-0.3, -0.25) is 14.4 Å². The van der Waals surface area contributed by atoms with Crippen molar-refractivity contribution in [1.82, 2.24) is 0 Å². The van der Waals surface area contributed by atoms with Crippen molar-refractivity contribution in [3.63, 3.8) is 0 Å². The number of ether oxygens (including phenoxy) is 2. The van der Waals surface area contributed by atoms with Crippen LogP contribution in [0.15, 0.2) is 23.3 Å². The van der Waals surface area contributed by atoms with Crippen LogP contribution in [0.3, 0.4) is 0 Å². The summed E-state index contributed by atoms with van der Waals surface area (Å²) in [6, 6.07) is 0. The van der Waals surface area contributed by atoms with E-state index in [4.69, 9.17) is 9.47 Å². The maximum atomic E-state index is 14.6. The highest BCUT2D eigenvalue weighted by Gasteiger charge is 2.83. The number of aliphatic hydroxyl groups is 3. The highest BCUT2D eigenvalue weighted by molar-refractivity contribution is 5.96. The number of ketones is 1. The van der Waals surface area contributed by atoms with Gasteiger partial charge in [0.2, 0.25) is 0 Å². The third kappa shape index (κ3) is 4.99. The summed E-state index contributed by atoms with van der Waals surface area (Å²) in [5.41, 5.74) is -4.72. The fourth-order valence-corrected chi connectivity index (χ4v) is 8.89. The molecule has 0 aromatic heterocycles. The van der Waals surface area contributed by atoms with Crippen molar-refractivity contribution in [1.29, 1.82) is 0 Å². The van der Waals surface area contributed by atoms with Gasteiger partial charge in [-0.05, 0) is 36.8 Å². The standard InChI is InChI=1S/C34H52O8/c1-7-8-9-10-11-12-13-14-15-16-26(37)42-33-19-22(3)32-18-21(2)30(41-23(4)36)34(32,40)28(38)24(20-35)17-25(29(32)39)27(33)31(33,5)6/h17-18,22,25,27-28,30,35,38,40H,7-16,19-20H2,1-6H3/t22?,25-,27+,28+,30-,32?,33-,34-/m0/s1. The Bertz CT molecular complexity index is 1120. The zero-order chi connectivity index (χ0) is 31.1. The predicted octanol–water partition coefficient (Wildman–Crippen LogP) is 4.97. The van der Waals surface area contributed by atoms with E-state index in [0.29, 0.717) is 18.4 Å². The monoisotopic (exact) mass is 588 g/mol. The third-order valence-corrected chi connectivity index (χ3v) is 11.1. The molecule has 2 fully saturated rings. The van der Waals surface area contributed by atoms with Gasteiger partial charge in [0.15, 0.2) is 17.5 Å². The average molecular weight is 589 g/mol. The van der Waals surface area contributed by atoms with Crippen molar-refractivity contribution in [2.45, 2.75) is 136 Å². The minimum absolute atomic E-state index is 0.102. The molecule has 0 aromatic carbocycles. The molecule has 2 bridgehead atoms. The molecule has 0 amide bonds. The summed E-state index contributed by atoms with van der Waals surface area (Å²) < 4.78 is 11.9. The quantitative estimate of drug-likeness (QED) is 0.156. The van der Waals surface area contributed by atoms with Crippen molar-refractivity contribution in [2.24, 2.45) is 28.6 Å². The average Bonchev–Trinajstić information content (AvgIpc) is 3.32. The first kappa shape index (κ1) is 32.9. The molecule has 0 radical (unpaired) electrons. The van der Waals surface area contributed by atoms with Gasteiger partial charge in [-0.25, -0.2) is 0 Å². The van der Waals surface area contributed by atoms with Gasteiger partial charge in [-0.15, -0.1) is 0 Å². The number of fused-ring (bicyclic) bond motifs is 3. The van der Waals surface area contributed by atoms with Crippen molar-refractivity contribution in [2.75, 3.05) is 6.61 Å². The summed E-state index contributed by atoms with van der Waals surface area (Å²) >= 11 is 0. The fraction of sp³-hybridized carbons (Fsp3) is 0.794. The Hall–Kier alpha value is -2.03. The van der Waals surface area contributed by atoms with Crippen molar-refractivity contribution in [3.05, 3.63) is 23.3 Å². The smallest absolute Gasteiger partial charge is 0.306 e. The van der Waals surface area contributed by atoms with Crippen LogP contribution in [0.2, 0.25) is 0 Å². The molecule has 236 valence electrons. The first-order valence-corrected chi connectivity index (χ1v) is 16.1. The molecule has 8 nitrogen and oxygen atoms in total. The zero-order valence-electron chi connectivity index (χ0n) is 26.4. The van der Waals surface area contributed by atoms with Crippen LogP contribution in [0.25, 0.3) is 0 Å². The second-order valence-corrected chi connectivity index (χ2v) is 14.0. The number of allylic oxidation sites excluding steroid dienone is 1. The molecule has 8 atom stereocenters. The van der Waals surface area contributed by atoms with Gasteiger partial charge in [0.25, 0.3) is 0 Å². The minimum atomic E-state index is -2.22. The lowest BCUT2D eigenvalue weighted by atomic mass is 9.59. The Kier molecular flexibility index (Phi) is 9.52. The lowest BCUT2D eigenvalue weighted by Gasteiger charge is -2.49. The van der Waals surface area contributed by atoms with Crippen LogP contribution in [0.1, 0.15) is 112 Å². The highest BCUT2D eigenvalue weighted by atomic mass is 16.6. The Morgan fingerprint density at radius 3 is 2.21 bits per heavy atom. The molecule has 3 N–H and O–H groups in total. The van der Waals surface area contributed by atoms with E-state index < -0.39 is 58.7 Å². The van der Waals surface area contributed by atoms with E-state index >= 15 is 0 Å². The molecule has 0 aromatic rings. The molecule has 4 rings (SSSR count). The first-order valence-electron chi connectivity index (χ1n) is 16.1. The number of carbonyl (C=O) groups is 3. The highest BCUT2D eigenvalue weighted by Crippen LogP contribution is 2.75. The van der Waals surface area contributed by atoms with Crippen molar-refractivity contribution in [3.8, 4) is 0 Å². The number of aliphatic hydroxyl groups excluding tert-OH is 2. The van der Waals surface area contributed by atoms with Crippen LogP contribution >= 0.6 is 0 Å². The predicted molar refractivity (Wildman–Crippen MR) is 158 cm³/mol. The second kappa shape index (κ2) is 12.2. The van der Waals surface area contributed by atoms with Gasteiger partial charge < -0.3 is 24.8 Å². The third-order valence-electron chi connectivity index (χ3n) is 11.1. The van der Waals surface area contributed by atoms with E-state index in [1.165, 1.54) is 45.4 Å². The molecule has 4 aliphatic rings. The van der Waals surface area contributed by atoms with Gasteiger partial charge in [-0.1, -0.05) is 91.2 Å². The van der Waals surface area contributed by atoms with Crippen molar-refractivity contribution < 1.29 is 39.2 Å². The van der Waals surface area contributed by atoms with E-state index in [2.05, 4.69) is 6.92 Å². The maximum absolute atomic E-state index is 14.6. The number of esters is 2. The summed E-state index contributed by atoms with van der Waals surface area (Å²) in [5, 5.41) is 34.2. The second-order valence-electron chi connectivity index (χ2n) is 14.0. The topological polar surface area (TPSA) is 130 Å². The molecule has 0 aliphatic heterocycles. The Labute approximate surface area is 250 Å². The van der Waals surface area contributed by atoms with Crippen LogP contribution in [0, 0.1) is 28.6 Å². The molecule has 1 spiro atoms. The Morgan fingerprint density at radius 1 is 1.05 bits per heavy atom. The molecule has 0 heterocycles. The van der Waals surface area contributed by atoms with E-state index in [1.807, 2.05) is 20.8 Å². The Balaban J connectivity index is 1.58. The minimum Gasteiger partial charge on any atom is -0.458 e. The van der Waals surface area contributed by atoms with E-state index in [1.54, 1.807) is 19.1 Å². The van der Waals surface area contributed by atoms with Gasteiger partial charge in [-0.2, -0.15) is 0 Å². The summed E-state index contributed by atoms with van der Waals surface area (Å²) in [6.45, 7) is 10.4. The van der Waals surface area contributed by atoms with E-state index in [9.17, 15) is 29.7 Å². The normalized spacial score (nSPS) is 37.9. The van der Waals surface area contributed by atoms with Gasteiger partial charge >= 0.3 is 11.9 Å². The van der Waals surface area contributed by atoms with Crippen LogP contribution < -0.4 is 0 Å². The number of hydrogen-bond acceptors (Lipinski definition) is 8. The SMILES string of the molecule is CCCCCCCCCCCC(=O)O[C@@]12CC(C)C34C=C(C)[C@H](OC(C)=O)[C@@]3(O)[C@H](O)C(CO)=C[C@H](C4=O)[C@@H]1C2(C)C. The first-order chi connectivity index (χ1) is 19.8. The van der Waals surface area contributed by atoms with Crippen LogP contribution in [-0.4, -0.2) is 63.1 Å². The number of hydrogen-bond donors (Lipinski definition) is 3. The summed E-state index contributed by atoms with van der Waals surface area (Å²) in [7, 11) is 0. The molecule has 2 saturated carbocycles. The number of unbranched alkanes of at least 4 members (excludes halogenated alkanes) is 8.